The van der Waals surface area contributed by atoms with Crippen LogP contribution in [0.1, 0.15) is 5.56 Å². The average Bonchev–Trinajstić information content (AvgIpc) is 2.54. The standard InChI is InChI=1S/C13H11N3S/c14-16-13-9-5-1-3-7-11(9)17-12-8-4-2-6-10(12)15-13/h1-8H,14H2,(H,15,16). The summed E-state index contributed by atoms with van der Waals surface area (Å²) in [5.41, 5.74) is 4.66. The van der Waals surface area contributed by atoms with E-state index in [1.54, 1.807) is 11.8 Å². The number of nitrogens with zero attached hydrogens (tertiary/aromatic N) is 1. The molecule has 0 bridgehead atoms. The molecular weight excluding hydrogens is 230 g/mol. The Labute approximate surface area is 104 Å². The Kier molecular flexibility index (Phi) is 2.59. The van der Waals surface area contributed by atoms with Gasteiger partial charge in [-0.15, -0.1) is 0 Å². The van der Waals surface area contributed by atoms with Crippen molar-refractivity contribution < 1.29 is 0 Å². The lowest BCUT2D eigenvalue weighted by Gasteiger charge is -2.06. The summed E-state index contributed by atoms with van der Waals surface area (Å²) in [6.07, 6.45) is 0. The number of amidine groups is 1. The number of rotatable bonds is 0. The van der Waals surface area contributed by atoms with Crippen molar-refractivity contribution in [3.63, 3.8) is 0 Å². The second kappa shape index (κ2) is 4.24. The third kappa shape index (κ3) is 1.81. The Balaban J connectivity index is 2.24. The second-order valence-electron chi connectivity index (χ2n) is 3.67. The first kappa shape index (κ1) is 10.4. The molecular formula is C13H11N3S. The Morgan fingerprint density at radius 3 is 2.47 bits per heavy atom. The highest BCUT2D eigenvalue weighted by molar-refractivity contribution is 7.99. The van der Waals surface area contributed by atoms with Gasteiger partial charge in [0.2, 0.25) is 0 Å². The van der Waals surface area contributed by atoms with Gasteiger partial charge in [-0.3, -0.25) is 0 Å². The zero-order chi connectivity index (χ0) is 11.7. The third-order valence-corrected chi connectivity index (χ3v) is 3.74. The lowest BCUT2D eigenvalue weighted by Crippen LogP contribution is -2.31. The van der Waals surface area contributed by atoms with Gasteiger partial charge in [-0.05, 0) is 18.2 Å². The fraction of sp³-hybridized carbons (Fsp3) is 0. The van der Waals surface area contributed by atoms with E-state index in [4.69, 9.17) is 5.84 Å². The third-order valence-electron chi connectivity index (χ3n) is 2.60. The maximum atomic E-state index is 5.55. The van der Waals surface area contributed by atoms with Crippen LogP contribution >= 0.6 is 11.8 Å². The molecule has 0 fully saturated rings. The van der Waals surface area contributed by atoms with Crippen molar-refractivity contribution in [2.45, 2.75) is 9.79 Å². The molecule has 84 valence electrons. The maximum absolute atomic E-state index is 5.55. The number of nitrogens with one attached hydrogen (secondary N) is 1. The predicted octanol–water partition coefficient (Wildman–Crippen LogP) is 2.69. The zero-order valence-electron chi connectivity index (χ0n) is 9.05. The molecule has 1 aliphatic rings. The van der Waals surface area contributed by atoms with Crippen molar-refractivity contribution in [2.24, 2.45) is 10.8 Å². The molecule has 3 nitrogen and oxygen atoms in total. The molecule has 0 aliphatic carbocycles. The summed E-state index contributed by atoms with van der Waals surface area (Å²) in [7, 11) is 0. The summed E-state index contributed by atoms with van der Waals surface area (Å²) >= 11 is 1.71. The van der Waals surface area contributed by atoms with E-state index < -0.39 is 0 Å². The molecule has 1 aliphatic heterocycles. The normalized spacial score (nSPS) is 13.1. The minimum Gasteiger partial charge on any atom is -0.308 e. The van der Waals surface area contributed by atoms with E-state index >= 15 is 0 Å². The quantitative estimate of drug-likeness (QED) is 0.550. The highest BCUT2D eigenvalue weighted by Gasteiger charge is 2.15. The molecule has 0 aromatic heterocycles. The first-order valence-electron chi connectivity index (χ1n) is 5.30. The van der Waals surface area contributed by atoms with Crippen LogP contribution in [0.5, 0.6) is 0 Å². The Hall–Kier alpha value is -1.78. The van der Waals surface area contributed by atoms with E-state index in [1.165, 1.54) is 0 Å². The Bertz CT molecular complexity index is 593. The van der Waals surface area contributed by atoms with Crippen LogP contribution < -0.4 is 11.3 Å². The molecule has 0 atom stereocenters. The molecule has 0 amide bonds. The van der Waals surface area contributed by atoms with Crippen molar-refractivity contribution in [1.82, 2.24) is 5.43 Å². The van der Waals surface area contributed by atoms with Crippen LogP contribution in [-0.4, -0.2) is 5.84 Å². The van der Waals surface area contributed by atoms with E-state index in [-0.39, 0.29) is 0 Å². The first-order chi connectivity index (χ1) is 8.38. The summed E-state index contributed by atoms with van der Waals surface area (Å²) in [6.45, 7) is 0. The summed E-state index contributed by atoms with van der Waals surface area (Å²) < 4.78 is 0. The average molecular weight is 241 g/mol. The highest BCUT2D eigenvalue weighted by Crippen LogP contribution is 2.39. The van der Waals surface area contributed by atoms with Gasteiger partial charge in [-0.2, -0.15) is 0 Å². The van der Waals surface area contributed by atoms with Gasteiger partial charge in [0.1, 0.15) is 5.84 Å². The van der Waals surface area contributed by atoms with Gasteiger partial charge in [0.25, 0.3) is 0 Å². The Morgan fingerprint density at radius 1 is 0.941 bits per heavy atom. The minimum absolute atomic E-state index is 0.707. The number of benzene rings is 2. The number of para-hydroxylation sites is 1. The van der Waals surface area contributed by atoms with Crippen LogP contribution in [0.2, 0.25) is 0 Å². The molecule has 1 heterocycles. The molecule has 3 rings (SSSR count). The van der Waals surface area contributed by atoms with Crippen molar-refractivity contribution in [3.8, 4) is 0 Å². The smallest absolute Gasteiger partial charge is 0.149 e. The number of fused-ring (bicyclic) bond motifs is 2. The number of aliphatic imine (C=N–C) groups is 1. The molecule has 0 radical (unpaired) electrons. The topological polar surface area (TPSA) is 50.4 Å². The number of hydrazine groups is 1. The van der Waals surface area contributed by atoms with Crippen LogP contribution in [-0.2, 0) is 0 Å². The summed E-state index contributed by atoms with van der Waals surface area (Å²) in [5, 5.41) is 0. The zero-order valence-corrected chi connectivity index (χ0v) is 9.87. The summed E-state index contributed by atoms with van der Waals surface area (Å²) in [6, 6.07) is 16.2. The van der Waals surface area contributed by atoms with E-state index in [1.807, 2.05) is 36.4 Å². The largest absolute Gasteiger partial charge is 0.308 e. The van der Waals surface area contributed by atoms with Gasteiger partial charge >= 0.3 is 0 Å². The molecule has 3 N–H and O–H groups in total. The number of nitrogens with two attached hydrogens (primary N) is 1. The molecule has 0 saturated heterocycles. The van der Waals surface area contributed by atoms with E-state index in [2.05, 4.69) is 22.6 Å². The van der Waals surface area contributed by atoms with E-state index in [0.717, 1.165) is 21.0 Å². The van der Waals surface area contributed by atoms with Gasteiger partial charge < -0.3 is 5.43 Å². The molecule has 0 saturated carbocycles. The monoisotopic (exact) mass is 241 g/mol. The highest BCUT2D eigenvalue weighted by atomic mass is 32.2. The van der Waals surface area contributed by atoms with Crippen molar-refractivity contribution >= 4 is 23.3 Å². The van der Waals surface area contributed by atoms with Crippen molar-refractivity contribution in [3.05, 3.63) is 54.1 Å². The molecule has 2 aromatic rings. The molecule has 2 aromatic carbocycles. The van der Waals surface area contributed by atoms with Gasteiger partial charge in [-0.1, -0.05) is 42.1 Å². The van der Waals surface area contributed by atoms with Crippen LogP contribution in [0, 0.1) is 0 Å². The second-order valence-corrected chi connectivity index (χ2v) is 4.75. The number of hydrogen-bond acceptors (Lipinski definition) is 4. The van der Waals surface area contributed by atoms with E-state index in [9.17, 15) is 0 Å². The fourth-order valence-electron chi connectivity index (χ4n) is 1.80. The van der Waals surface area contributed by atoms with Gasteiger partial charge in [-0.25, -0.2) is 10.8 Å². The number of hydrogen-bond donors (Lipinski definition) is 2. The van der Waals surface area contributed by atoms with Gasteiger partial charge in [0.05, 0.1) is 5.69 Å². The Morgan fingerprint density at radius 2 is 1.65 bits per heavy atom. The maximum Gasteiger partial charge on any atom is 0.149 e. The van der Waals surface area contributed by atoms with Crippen LogP contribution in [0.3, 0.4) is 0 Å². The molecule has 17 heavy (non-hydrogen) atoms. The first-order valence-corrected chi connectivity index (χ1v) is 6.12. The lowest BCUT2D eigenvalue weighted by molar-refractivity contribution is 1.02. The molecule has 0 unspecified atom stereocenters. The van der Waals surface area contributed by atoms with Crippen molar-refractivity contribution in [2.75, 3.05) is 0 Å². The minimum atomic E-state index is 0.707. The molecule has 0 spiro atoms. The molecule has 4 heteroatoms. The fourth-order valence-corrected chi connectivity index (χ4v) is 2.82. The summed E-state index contributed by atoms with van der Waals surface area (Å²) in [5.74, 6) is 6.26. The van der Waals surface area contributed by atoms with Crippen LogP contribution in [0.4, 0.5) is 5.69 Å². The van der Waals surface area contributed by atoms with Crippen LogP contribution in [0.15, 0.2) is 63.3 Å². The predicted molar refractivity (Wildman–Crippen MR) is 70.5 cm³/mol. The summed E-state index contributed by atoms with van der Waals surface area (Å²) in [4.78, 5) is 6.86. The van der Waals surface area contributed by atoms with E-state index in [0.29, 0.717) is 5.84 Å². The van der Waals surface area contributed by atoms with Gasteiger partial charge in [0.15, 0.2) is 0 Å². The van der Waals surface area contributed by atoms with Gasteiger partial charge in [0, 0.05) is 15.4 Å². The SMILES string of the molecule is NNC1=Nc2ccccc2Sc2ccccc21. The van der Waals surface area contributed by atoms with Crippen molar-refractivity contribution in [1.29, 1.82) is 0 Å². The lowest BCUT2D eigenvalue weighted by atomic mass is 10.2. The van der Waals surface area contributed by atoms with Crippen LogP contribution in [0.25, 0.3) is 0 Å².